The van der Waals surface area contributed by atoms with Gasteiger partial charge >= 0.3 is 5.17 Å². The number of allylic oxidation sites excluding steroid dienone is 1. The Morgan fingerprint density at radius 1 is 1.60 bits per heavy atom. The molecule has 1 aliphatic heterocycles. The molecule has 56 valence electrons. The zero-order valence-electron chi connectivity index (χ0n) is 6.52. The highest BCUT2D eigenvalue weighted by Gasteiger charge is 2.22. The number of hydrogen-bond donors (Lipinski definition) is 3. The molecule has 0 aromatic carbocycles. The summed E-state index contributed by atoms with van der Waals surface area (Å²) in [7, 11) is 0. The zero-order valence-corrected chi connectivity index (χ0v) is 7.42. The van der Waals surface area contributed by atoms with Gasteiger partial charge in [-0.15, -0.1) is 0 Å². The molecule has 0 saturated carbocycles. The van der Waals surface area contributed by atoms with Crippen molar-refractivity contribution in [1.29, 1.82) is 0 Å². The van der Waals surface area contributed by atoms with E-state index in [2.05, 4.69) is 42.9 Å². The van der Waals surface area contributed by atoms with E-state index in [9.17, 15) is 0 Å². The molecule has 1 aliphatic rings. The maximum absolute atomic E-state index is 4.19. The van der Waals surface area contributed by atoms with Crippen LogP contribution in [0.5, 0.6) is 0 Å². The van der Waals surface area contributed by atoms with E-state index in [1.54, 1.807) is 0 Å². The van der Waals surface area contributed by atoms with Crippen LogP contribution in [0.25, 0.3) is 0 Å². The molecule has 0 bridgehead atoms. The van der Waals surface area contributed by atoms with Crippen LogP contribution >= 0.6 is 12.6 Å². The summed E-state index contributed by atoms with van der Waals surface area (Å²) >= 11 is 4.19. The lowest BCUT2D eigenvalue weighted by atomic mass is 10.0. The first-order valence-corrected chi connectivity index (χ1v) is 3.75. The van der Waals surface area contributed by atoms with Gasteiger partial charge in [0.1, 0.15) is 5.54 Å². The molecule has 1 heterocycles. The van der Waals surface area contributed by atoms with Crippen LogP contribution < -0.4 is 10.3 Å². The van der Waals surface area contributed by atoms with Gasteiger partial charge in [0, 0.05) is 6.08 Å². The summed E-state index contributed by atoms with van der Waals surface area (Å²) in [4.78, 5) is 3.18. The van der Waals surface area contributed by atoms with Crippen molar-refractivity contribution in [3.63, 3.8) is 0 Å². The highest BCUT2D eigenvalue weighted by Crippen LogP contribution is 2.02. The zero-order chi connectivity index (χ0) is 7.78. The van der Waals surface area contributed by atoms with E-state index in [-0.39, 0.29) is 5.54 Å². The summed E-state index contributed by atoms with van der Waals surface area (Å²) in [5.41, 5.74) is 1.18. The predicted octanol–water partition coefficient (Wildman–Crippen LogP) is -0.362. The summed E-state index contributed by atoms with van der Waals surface area (Å²) in [5.74, 6) is 0. The molecule has 0 aromatic heterocycles. The number of hydrogen-bond acceptors (Lipinski definition) is 1. The number of rotatable bonds is 0. The smallest absolute Gasteiger partial charge is 0.260 e. The van der Waals surface area contributed by atoms with Gasteiger partial charge in [-0.2, -0.15) is 0 Å². The van der Waals surface area contributed by atoms with Gasteiger partial charge in [-0.25, -0.2) is 5.32 Å². The minimum absolute atomic E-state index is 0.0341. The van der Waals surface area contributed by atoms with E-state index in [1.807, 2.05) is 6.92 Å². The lowest BCUT2D eigenvalue weighted by Crippen LogP contribution is -2.87. The monoisotopic (exact) mass is 157 g/mol. The van der Waals surface area contributed by atoms with Gasteiger partial charge in [-0.05, 0) is 20.8 Å². The second-order valence-corrected chi connectivity index (χ2v) is 3.59. The lowest BCUT2D eigenvalue weighted by Gasteiger charge is -2.17. The fourth-order valence-electron chi connectivity index (χ4n) is 1.14. The molecule has 0 amide bonds. The number of amidine groups is 1. The van der Waals surface area contributed by atoms with Gasteiger partial charge in [-0.1, -0.05) is 12.6 Å². The Bertz CT molecular complexity index is 184. The van der Waals surface area contributed by atoms with Crippen LogP contribution in [0.15, 0.2) is 11.8 Å². The van der Waals surface area contributed by atoms with Crippen molar-refractivity contribution < 1.29 is 4.99 Å². The number of nitrogens with one attached hydrogen (secondary N) is 2. The van der Waals surface area contributed by atoms with E-state index in [4.69, 9.17) is 0 Å². The van der Waals surface area contributed by atoms with Gasteiger partial charge in [0.05, 0.1) is 5.70 Å². The van der Waals surface area contributed by atoms with E-state index < -0.39 is 0 Å². The van der Waals surface area contributed by atoms with Gasteiger partial charge < -0.3 is 0 Å². The van der Waals surface area contributed by atoms with E-state index >= 15 is 0 Å². The average Bonchev–Trinajstić information content (AvgIpc) is 1.54. The van der Waals surface area contributed by atoms with Crippen molar-refractivity contribution in [2.45, 2.75) is 26.3 Å². The molecule has 0 fully saturated rings. The Morgan fingerprint density at radius 3 is 2.60 bits per heavy atom. The molecule has 0 saturated heterocycles. The van der Waals surface area contributed by atoms with Crippen LogP contribution in [0.3, 0.4) is 0 Å². The standard InChI is InChI=1S/C7H12N2S/c1-5-4-7(2,3)9-6(10)8-5/h4H,1-3H3,(H2,8,9,10)/p+1. The summed E-state index contributed by atoms with van der Waals surface area (Å²) in [6.07, 6.45) is 2.13. The maximum atomic E-state index is 4.19. The molecule has 2 nitrogen and oxygen atoms in total. The summed E-state index contributed by atoms with van der Waals surface area (Å²) in [5, 5.41) is 3.89. The minimum atomic E-state index is 0.0341. The molecule has 1 rings (SSSR count). The highest BCUT2D eigenvalue weighted by molar-refractivity contribution is 7.96. The van der Waals surface area contributed by atoms with Crippen molar-refractivity contribution in [3.8, 4) is 0 Å². The molecule has 0 spiro atoms. The van der Waals surface area contributed by atoms with Gasteiger partial charge in [0.25, 0.3) is 0 Å². The van der Waals surface area contributed by atoms with Crippen molar-refractivity contribution in [2.24, 2.45) is 0 Å². The molecule has 3 heteroatoms. The average molecular weight is 157 g/mol. The molecule has 0 aliphatic carbocycles. The Morgan fingerprint density at radius 2 is 2.20 bits per heavy atom. The second-order valence-electron chi connectivity index (χ2n) is 3.15. The molecule has 0 unspecified atom stereocenters. The lowest BCUT2D eigenvalue weighted by molar-refractivity contribution is -0.528. The molecular weight excluding hydrogens is 144 g/mol. The molecule has 0 aromatic rings. The molecular formula is C7H13N2S+. The van der Waals surface area contributed by atoms with Crippen LogP contribution in [0, 0.1) is 0 Å². The van der Waals surface area contributed by atoms with Crippen molar-refractivity contribution in [2.75, 3.05) is 0 Å². The van der Waals surface area contributed by atoms with Gasteiger partial charge in [0.2, 0.25) is 0 Å². The second kappa shape index (κ2) is 2.31. The Kier molecular flexibility index (Phi) is 1.77. The van der Waals surface area contributed by atoms with E-state index in [1.165, 1.54) is 0 Å². The summed E-state index contributed by atoms with van der Waals surface area (Å²) in [6, 6.07) is 0. The third-order valence-corrected chi connectivity index (χ3v) is 1.56. The third-order valence-electron chi connectivity index (χ3n) is 1.33. The first-order chi connectivity index (χ1) is 4.49. The van der Waals surface area contributed by atoms with Crippen molar-refractivity contribution in [3.05, 3.63) is 11.8 Å². The van der Waals surface area contributed by atoms with E-state index in [0.717, 1.165) is 10.9 Å². The first kappa shape index (κ1) is 7.66. The topological polar surface area (TPSA) is 26.0 Å². The molecule has 2 N–H and O–H groups in total. The highest BCUT2D eigenvalue weighted by atomic mass is 32.1. The molecule has 10 heavy (non-hydrogen) atoms. The Hall–Kier alpha value is -0.440. The predicted molar refractivity (Wildman–Crippen MR) is 45.9 cm³/mol. The maximum Gasteiger partial charge on any atom is 0.306 e. The summed E-state index contributed by atoms with van der Waals surface area (Å²) < 4.78 is 0. The number of thiol groups is 1. The SMILES string of the molecule is CC1=CC(C)(C)[NH+]=C(S)N1. The third kappa shape index (κ3) is 1.77. The van der Waals surface area contributed by atoms with Crippen LogP contribution in [0.1, 0.15) is 20.8 Å². The van der Waals surface area contributed by atoms with Crippen LogP contribution in [0.2, 0.25) is 0 Å². The Labute approximate surface area is 66.8 Å². The first-order valence-electron chi connectivity index (χ1n) is 3.30. The largest absolute Gasteiger partial charge is 0.306 e. The Balaban J connectivity index is 2.88. The van der Waals surface area contributed by atoms with Crippen molar-refractivity contribution in [1.82, 2.24) is 5.32 Å². The fraction of sp³-hybridized carbons (Fsp3) is 0.571. The quantitative estimate of drug-likeness (QED) is 0.411. The van der Waals surface area contributed by atoms with Gasteiger partial charge in [0.15, 0.2) is 0 Å². The van der Waals surface area contributed by atoms with Crippen LogP contribution in [-0.4, -0.2) is 10.7 Å². The van der Waals surface area contributed by atoms with Crippen molar-refractivity contribution >= 4 is 17.8 Å². The normalized spacial score (nSPS) is 22.8. The van der Waals surface area contributed by atoms with Crippen LogP contribution in [-0.2, 0) is 0 Å². The molecule has 0 atom stereocenters. The minimum Gasteiger partial charge on any atom is -0.260 e. The van der Waals surface area contributed by atoms with Gasteiger partial charge in [-0.3, -0.25) is 4.99 Å². The molecule has 0 radical (unpaired) electrons. The summed E-state index contributed by atoms with van der Waals surface area (Å²) in [6.45, 7) is 6.24. The van der Waals surface area contributed by atoms with Crippen LogP contribution in [0.4, 0.5) is 0 Å². The van der Waals surface area contributed by atoms with E-state index in [0.29, 0.717) is 0 Å². The fourth-order valence-corrected chi connectivity index (χ4v) is 1.60.